The molecule has 234 valence electrons. The van der Waals surface area contributed by atoms with E-state index in [4.69, 9.17) is 23.2 Å². The summed E-state index contributed by atoms with van der Waals surface area (Å²) < 4.78 is 28.8. The van der Waals surface area contributed by atoms with E-state index in [0.29, 0.717) is 18.1 Å². The first kappa shape index (κ1) is 33.4. The van der Waals surface area contributed by atoms with E-state index in [1.54, 1.807) is 17.0 Å². The van der Waals surface area contributed by atoms with Gasteiger partial charge in [-0.2, -0.15) is 0 Å². The zero-order valence-electron chi connectivity index (χ0n) is 24.6. The summed E-state index contributed by atoms with van der Waals surface area (Å²) in [6.07, 6.45) is 1.07. The van der Waals surface area contributed by atoms with Crippen LogP contribution < -0.4 is 10.0 Å². The third-order valence-electron chi connectivity index (χ3n) is 7.22. The highest BCUT2D eigenvalue weighted by atomic mass is 35.5. The predicted octanol–water partition coefficient (Wildman–Crippen LogP) is 3.85. The summed E-state index contributed by atoms with van der Waals surface area (Å²) in [5, 5.41) is 3.13. The molecule has 3 aromatic carbocycles. The third kappa shape index (κ3) is 8.80. The van der Waals surface area contributed by atoms with Crippen LogP contribution in [0.3, 0.4) is 0 Å². The lowest BCUT2D eigenvalue weighted by Gasteiger charge is -2.35. The molecular weight excluding hydrogens is 625 g/mol. The van der Waals surface area contributed by atoms with Gasteiger partial charge in [0.25, 0.3) is 15.9 Å². The lowest BCUT2D eigenvalue weighted by atomic mass is 10.0. The highest BCUT2D eigenvalue weighted by Gasteiger charge is 2.23. The molecule has 13 heteroatoms. The average Bonchev–Trinajstić information content (AvgIpc) is 3.00. The number of piperazine rings is 1. The van der Waals surface area contributed by atoms with Gasteiger partial charge < -0.3 is 15.1 Å². The number of para-hydroxylation sites is 1. The second kappa shape index (κ2) is 15.0. The highest BCUT2D eigenvalue weighted by molar-refractivity contribution is 7.92. The van der Waals surface area contributed by atoms with Gasteiger partial charge in [-0.15, -0.1) is 0 Å². The van der Waals surface area contributed by atoms with Crippen LogP contribution in [0.2, 0.25) is 10.0 Å². The van der Waals surface area contributed by atoms with E-state index in [9.17, 15) is 22.8 Å². The van der Waals surface area contributed by atoms with Gasteiger partial charge in [-0.25, -0.2) is 8.42 Å². The van der Waals surface area contributed by atoms with Gasteiger partial charge in [0.15, 0.2) is 5.78 Å². The Morgan fingerprint density at radius 1 is 0.886 bits per heavy atom. The van der Waals surface area contributed by atoms with Crippen molar-refractivity contribution in [1.29, 1.82) is 0 Å². The summed E-state index contributed by atoms with van der Waals surface area (Å²) in [5.74, 6) is -1.13. The van der Waals surface area contributed by atoms with Crippen molar-refractivity contribution < 1.29 is 22.8 Å². The van der Waals surface area contributed by atoms with Crippen molar-refractivity contribution in [2.24, 2.45) is 0 Å². The van der Waals surface area contributed by atoms with Gasteiger partial charge in [0.05, 0.1) is 22.2 Å². The number of hydrogen-bond donors (Lipinski definition) is 2. The Kier molecular flexibility index (Phi) is 11.4. The van der Waals surface area contributed by atoms with E-state index in [-0.39, 0.29) is 44.7 Å². The molecule has 3 aromatic rings. The first-order valence-corrected chi connectivity index (χ1v) is 16.3. The molecule has 4 rings (SSSR count). The number of hydrogen-bond acceptors (Lipinski definition) is 7. The molecule has 0 atom stereocenters. The zero-order chi connectivity index (χ0) is 31.9. The van der Waals surface area contributed by atoms with Gasteiger partial charge >= 0.3 is 0 Å². The summed E-state index contributed by atoms with van der Waals surface area (Å²) >= 11 is 12.1. The first-order chi connectivity index (χ1) is 20.9. The zero-order valence-corrected chi connectivity index (χ0v) is 26.9. The molecule has 1 aliphatic heterocycles. The summed E-state index contributed by atoms with van der Waals surface area (Å²) in [6.45, 7) is 4.67. The quantitative estimate of drug-likeness (QED) is 0.284. The Bertz CT molecular complexity index is 1610. The molecule has 0 aromatic heterocycles. The van der Waals surface area contributed by atoms with Gasteiger partial charge in [0.1, 0.15) is 0 Å². The third-order valence-corrected chi connectivity index (χ3v) is 9.15. The topological polar surface area (TPSA) is 119 Å². The molecule has 1 saturated heterocycles. The maximum Gasteiger partial charge on any atom is 0.261 e. The van der Waals surface area contributed by atoms with Crippen LogP contribution >= 0.6 is 23.2 Å². The van der Waals surface area contributed by atoms with E-state index in [1.807, 2.05) is 14.1 Å². The fraction of sp³-hybridized carbons (Fsp3) is 0.323. The van der Waals surface area contributed by atoms with Gasteiger partial charge in [0, 0.05) is 47.9 Å². The van der Waals surface area contributed by atoms with Crippen LogP contribution in [-0.4, -0.2) is 101 Å². The van der Waals surface area contributed by atoms with Crippen molar-refractivity contribution in [3.63, 3.8) is 0 Å². The molecule has 1 aliphatic rings. The van der Waals surface area contributed by atoms with Crippen LogP contribution in [0.1, 0.15) is 32.7 Å². The minimum Gasteiger partial charge on any atom is -0.343 e. The van der Waals surface area contributed by atoms with E-state index < -0.39 is 21.7 Å². The van der Waals surface area contributed by atoms with Crippen molar-refractivity contribution in [1.82, 2.24) is 20.0 Å². The smallest absolute Gasteiger partial charge is 0.261 e. The van der Waals surface area contributed by atoms with Crippen LogP contribution in [0.15, 0.2) is 71.6 Å². The molecule has 10 nitrogen and oxygen atoms in total. The van der Waals surface area contributed by atoms with Gasteiger partial charge in [-0.1, -0.05) is 35.3 Å². The largest absolute Gasteiger partial charge is 0.343 e. The van der Waals surface area contributed by atoms with Gasteiger partial charge in [-0.3, -0.25) is 24.0 Å². The number of rotatable bonds is 12. The van der Waals surface area contributed by atoms with Crippen LogP contribution in [-0.2, 0) is 14.8 Å². The Balaban J connectivity index is 1.33. The van der Waals surface area contributed by atoms with Crippen LogP contribution in [0.25, 0.3) is 0 Å². The summed E-state index contributed by atoms with van der Waals surface area (Å²) in [6, 6.07) is 15.9. The number of sulfonamides is 1. The van der Waals surface area contributed by atoms with Crippen LogP contribution in [0.5, 0.6) is 0 Å². The average molecular weight is 661 g/mol. The maximum absolute atomic E-state index is 13.2. The number of anilines is 1. The number of ketones is 1. The number of nitrogens with one attached hydrogen (secondary N) is 2. The second-order valence-corrected chi connectivity index (χ2v) is 13.2. The van der Waals surface area contributed by atoms with Crippen LogP contribution in [0, 0.1) is 0 Å². The fourth-order valence-corrected chi connectivity index (χ4v) is 6.35. The lowest BCUT2D eigenvalue weighted by Crippen LogP contribution is -2.51. The van der Waals surface area contributed by atoms with E-state index in [1.165, 1.54) is 54.6 Å². The van der Waals surface area contributed by atoms with Crippen molar-refractivity contribution in [2.45, 2.75) is 11.3 Å². The molecular formula is C31H35Cl2N5O5S. The second-order valence-electron chi connectivity index (χ2n) is 10.7. The molecule has 0 radical (unpaired) electrons. The summed E-state index contributed by atoms with van der Waals surface area (Å²) in [5.41, 5.74) is 0.551. The Hall–Kier alpha value is -3.48. The molecule has 2 N–H and O–H groups in total. The maximum atomic E-state index is 13.2. The standard InChI is InChI=1S/C31H35Cl2N5O5S/c1-36(2)14-5-15-37-16-18-38(19-17-37)29(39)21-34-31(41)22-8-11-24(12-9-22)44(42,43)35-28-7-4-3-6-26(28)30(40)25-13-10-23(32)20-27(25)33/h3-4,6-13,20,35H,5,14-19,21H2,1-2H3,(H,34,41). The number of carbonyl (C=O) groups excluding carboxylic acids is 3. The molecule has 0 spiro atoms. The van der Waals surface area contributed by atoms with Crippen LogP contribution in [0.4, 0.5) is 5.69 Å². The molecule has 0 bridgehead atoms. The van der Waals surface area contributed by atoms with Gasteiger partial charge in [-0.05, 0) is 88.2 Å². The van der Waals surface area contributed by atoms with E-state index >= 15 is 0 Å². The summed E-state index contributed by atoms with van der Waals surface area (Å²) in [7, 11) is -0.0265. The Morgan fingerprint density at radius 3 is 2.23 bits per heavy atom. The molecule has 1 fully saturated rings. The van der Waals surface area contributed by atoms with Crippen molar-refractivity contribution in [3.05, 3.63) is 93.5 Å². The molecule has 2 amide bonds. The molecule has 0 saturated carbocycles. The van der Waals surface area contributed by atoms with Crippen molar-refractivity contribution in [3.8, 4) is 0 Å². The number of halogens is 2. The molecule has 0 unspecified atom stereocenters. The van der Waals surface area contributed by atoms with Crippen molar-refractivity contribution in [2.75, 3.05) is 64.6 Å². The summed E-state index contributed by atoms with van der Waals surface area (Å²) in [4.78, 5) is 44.7. The highest BCUT2D eigenvalue weighted by Crippen LogP contribution is 2.27. The molecule has 0 aliphatic carbocycles. The first-order valence-electron chi connectivity index (χ1n) is 14.1. The Morgan fingerprint density at radius 2 is 1.57 bits per heavy atom. The minimum atomic E-state index is -4.12. The normalized spacial score (nSPS) is 14.0. The predicted molar refractivity (Wildman–Crippen MR) is 172 cm³/mol. The fourth-order valence-electron chi connectivity index (χ4n) is 4.78. The van der Waals surface area contributed by atoms with Crippen molar-refractivity contribution >= 4 is 56.5 Å². The van der Waals surface area contributed by atoms with E-state index in [2.05, 4.69) is 19.8 Å². The monoisotopic (exact) mass is 659 g/mol. The minimum absolute atomic E-state index is 0.0678. The number of nitrogens with zero attached hydrogens (tertiary/aromatic N) is 3. The lowest BCUT2D eigenvalue weighted by molar-refractivity contribution is -0.131. The van der Waals surface area contributed by atoms with E-state index in [0.717, 1.165) is 32.6 Å². The number of benzene rings is 3. The number of amides is 2. The Labute approximate surface area is 268 Å². The molecule has 1 heterocycles. The SMILES string of the molecule is CN(C)CCCN1CCN(C(=O)CNC(=O)c2ccc(S(=O)(=O)Nc3ccccc3C(=O)c3ccc(Cl)cc3Cl)cc2)CC1. The number of carbonyl (C=O) groups is 3. The molecule has 44 heavy (non-hydrogen) atoms. The van der Waals surface area contributed by atoms with Gasteiger partial charge in [0.2, 0.25) is 5.91 Å².